The van der Waals surface area contributed by atoms with Crippen LogP contribution in [-0.2, 0) is 35.2 Å². The highest BCUT2D eigenvalue weighted by atomic mass is 35.5. The summed E-state index contributed by atoms with van der Waals surface area (Å²) >= 11 is 1.34. The molecule has 0 bridgehead atoms. The summed E-state index contributed by atoms with van der Waals surface area (Å²) in [5, 5.41) is 147. The number of nitrogens with zero attached hydrogens (tertiary/aromatic N) is 6. The average Bonchev–Trinajstić information content (AvgIpc) is 1.67. The molecule has 13 atom stereocenters. The maximum absolute atomic E-state index is 15.1. The Labute approximate surface area is 631 Å². The number of carbonyl (C=O) groups is 7. The van der Waals surface area contributed by atoms with Crippen LogP contribution in [0.2, 0.25) is 0 Å². The summed E-state index contributed by atoms with van der Waals surface area (Å²) < 4.78 is 5.73. The number of fused-ring (bicyclic) bond motifs is 2. The molecular weight excluding hydrogens is 1450 g/mol. The number of halogens is 3. The second kappa shape index (κ2) is 41.0. The Morgan fingerprint density at radius 2 is 1.24 bits per heavy atom. The molecule has 4 aliphatic heterocycles. The molecule has 3 aromatic carbocycles. The Morgan fingerprint density at radius 1 is 0.657 bits per heavy atom. The number of piperazine rings is 1. The van der Waals surface area contributed by atoms with Crippen molar-refractivity contribution < 1.29 is 94.5 Å². The monoisotopic (exact) mass is 1550 g/mol. The molecule has 1 aromatic heterocycles. The minimum Gasteiger partial charge on any atom is -0.504 e. The SMILES string of the molecule is CC1CCC(N2CCN(c3ccc(-c4nnc(-c5ccc(C(=O)N[C@H]6C[C@@H](O)CNC(=O)[C@@H]7[C@@H](O)[C@@H](C)CN7C(=O)[C@H]([C@H](O)CCNC(CO)CO)NC(=O)[C@H]([C@H](O)Cc7ccc(O)c(OCCNC(CO)CO)c7)NC(=O)[C@@H]7C[C@@H](O)CN7C(=O)[C@H]([C@@H](C)O)NC6=O)cc5)s4)cc3)CC2)CC1.Cl.Cl.Cl. The van der Waals surface area contributed by atoms with Gasteiger partial charge in [0, 0.05) is 106 Å². The Bertz CT molecular complexity index is 3460. The van der Waals surface area contributed by atoms with Crippen LogP contribution < -0.4 is 46.9 Å². The van der Waals surface area contributed by atoms with Gasteiger partial charge in [-0.15, -0.1) is 47.4 Å². The predicted octanol–water partition coefficient (Wildman–Crippen LogP) is -2.85. The molecule has 1 aliphatic carbocycles. The Hall–Kier alpha value is -6.74. The maximum atomic E-state index is 15.1. The van der Waals surface area contributed by atoms with E-state index in [0.717, 1.165) is 60.1 Å². The van der Waals surface area contributed by atoms with Crippen LogP contribution in [0.4, 0.5) is 5.69 Å². The maximum Gasteiger partial charge on any atom is 0.251 e. The number of amides is 7. The third kappa shape index (κ3) is 22.7. The largest absolute Gasteiger partial charge is 0.504 e. The van der Waals surface area contributed by atoms with Crippen molar-refractivity contribution >= 4 is 95.6 Å². The summed E-state index contributed by atoms with van der Waals surface area (Å²) in [6.45, 7) is 5.27. The molecule has 0 spiro atoms. The van der Waals surface area contributed by atoms with Gasteiger partial charge >= 0.3 is 0 Å². The van der Waals surface area contributed by atoms with E-state index in [4.69, 9.17) is 4.74 Å². The number of phenols is 1. The number of benzene rings is 3. The van der Waals surface area contributed by atoms with E-state index in [-0.39, 0.29) is 99.3 Å². The van der Waals surface area contributed by atoms with Crippen LogP contribution >= 0.6 is 48.6 Å². The molecule has 18 N–H and O–H groups in total. The van der Waals surface area contributed by atoms with E-state index >= 15 is 9.59 Å². The molecule has 105 heavy (non-hydrogen) atoms. The van der Waals surface area contributed by atoms with Crippen LogP contribution in [0.25, 0.3) is 21.1 Å². The summed E-state index contributed by atoms with van der Waals surface area (Å²) in [4.78, 5) is 110. The van der Waals surface area contributed by atoms with Crippen molar-refractivity contribution in [3.8, 4) is 32.6 Å². The van der Waals surface area contributed by atoms with Crippen molar-refractivity contribution in [2.45, 2.75) is 163 Å². The van der Waals surface area contributed by atoms with E-state index in [9.17, 15) is 80.1 Å². The lowest BCUT2D eigenvalue weighted by Crippen LogP contribution is -2.64. The molecule has 5 fully saturated rings. The molecule has 0 radical (unpaired) electrons. The minimum absolute atomic E-state index is 0. The van der Waals surface area contributed by atoms with Crippen molar-refractivity contribution in [1.82, 2.24) is 62.1 Å². The van der Waals surface area contributed by atoms with E-state index in [1.807, 2.05) is 12.1 Å². The van der Waals surface area contributed by atoms with E-state index in [1.165, 1.54) is 74.3 Å². The van der Waals surface area contributed by atoms with E-state index in [0.29, 0.717) is 21.6 Å². The van der Waals surface area contributed by atoms with Gasteiger partial charge in [0.05, 0.1) is 75.1 Å². The molecule has 584 valence electrons. The molecule has 36 heteroatoms. The van der Waals surface area contributed by atoms with Crippen molar-refractivity contribution in [3.63, 3.8) is 0 Å². The van der Waals surface area contributed by atoms with Gasteiger partial charge in [0.2, 0.25) is 35.4 Å². The van der Waals surface area contributed by atoms with Gasteiger partial charge in [-0.05, 0) is 106 Å². The summed E-state index contributed by atoms with van der Waals surface area (Å²) in [6.07, 6.45) is -7.43. The van der Waals surface area contributed by atoms with Gasteiger partial charge in [-0.25, -0.2) is 0 Å². The molecule has 32 nitrogen and oxygen atoms in total. The third-order valence-corrected chi connectivity index (χ3v) is 20.9. The van der Waals surface area contributed by atoms with Gasteiger partial charge < -0.3 is 113 Å². The Balaban J connectivity index is 0.00000576. The van der Waals surface area contributed by atoms with Crippen LogP contribution in [-0.4, -0.2) is 305 Å². The number of hydrogen-bond acceptors (Lipinski definition) is 26. The zero-order chi connectivity index (χ0) is 73.5. The molecule has 9 rings (SSSR count). The molecule has 1 saturated carbocycles. The first-order chi connectivity index (χ1) is 48.9. The highest BCUT2D eigenvalue weighted by molar-refractivity contribution is 7.17. The number of phenolic OH excluding ortho intramolecular Hbond substituents is 1. The number of β-amino-alcohol motifs (C(OH)–C–C–N with tert-alkyl or cyclic N) is 1. The van der Waals surface area contributed by atoms with Crippen LogP contribution in [0.15, 0.2) is 66.7 Å². The zero-order valence-electron chi connectivity index (χ0n) is 58.7. The number of carbonyl (C=O) groups excluding carboxylic acids is 7. The van der Waals surface area contributed by atoms with Crippen molar-refractivity contribution in [2.75, 3.05) is 96.8 Å². The Morgan fingerprint density at radius 3 is 1.85 bits per heavy atom. The molecule has 5 heterocycles. The average molecular weight is 1560 g/mol. The lowest BCUT2D eigenvalue weighted by molar-refractivity contribution is -0.147. The zero-order valence-corrected chi connectivity index (χ0v) is 62.0. The first kappa shape index (κ1) is 87.2. The molecule has 4 aromatic rings. The summed E-state index contributed by atoms with van der Waals surface area (Å²) in [5.74, 6) is -8.37. The highest BCUT2D eigenvalue weighted by Crippen LogP contribution is 2.34. The van der Waals surface area contributed by atoms with Crippen LogP contribution in [0.1, 0.15) is 81.6 Å². The van der Waals surface area contributed by atoms with Gasteiger partial charge in [0.1, 0.15) is 52.9 Å². The number of aliphatic hydroxyl groups is 10. The molecule has 4 saturated heterocycles. The number of aromatic hydroxyl groups is 1. The van der Waals surface area contributed by atoms with Crippen LogP contribution in [0.3, 0.4) is 0 Å². The van der Waals surface area contributed by atoms with Crippen molar-refractivity contribution in [3.05, 3.63) is 77.9 Å². The molecule has 5 aliphatic rings. The molecule has 0 unspecified atom stereocenters. The predicted molar refractivity (Wildman–Crippen MR) is 393 cm³/mol. The fraction of sp³-hybridized carbons (Fsp3) is 0.609. The molecular formula is C69H102Cl3N13O19S. The van der Waals surface area contributed by atoms with Crippen LogP contribution in [0, 0.1) is 11.8 Å². The fourth-order valence-corrected chi connectivity index (χ4v) is 14.6. The molecule has 7 amide bonds. The van der Waals surface area contributed by atoms with Gasteiger partial charge in [0.25, 0.3) is 5.91 Å². The number of aromatic nitrogens is 2. The van der Waals surface area contributed by atoms with Crippen molar-refractivity contribution in [2.24, 2.45) is 11.8 Å². The van der Waals surface area contributed by atoms with Crippen LogP contribution in [0.5, 0.6) is 11.5 Å². The second-order valence-electron chi connectivity index (χ2n) is 27.4. The summed E-state index contributed by atoms with van der Waals surface area (Å²) in [7, 11) is 0. The lowest BCUT2D eigenvalue weighted by atomic mass is 9.86. The summed E-state index contributed by atoms with van der Waals surface area (Å²) in [5.41, 5.74) is 2.82. The van der Waals surface area contributed by atoms with Gasteiger partial charge in [-0.3, -0.25) is 38.5 Å². The summed E-state index contributed by atoms with van der Waals surface area (Å²) in [6, 6.07) is 6.02. The topological polar surface area (TPSA) is 474 Å². The van der Waals surface area contributed by atoms with Gasteiger partial charge in [-0.2, -0.15) is 0 Å². The number of rotatable bonds is 24. The smallest absolute Gasteiger partial charge is 0.251 e. The lowest BCUT2D eigenvalue weighted by Gasteiger charge is -2.42. The quantitative estimate of drug-likeness (QED) is 0.0314. The van der Waals surface area contributed by atoms with E-state index in [1.54, 1.807) is 12.1 Å². The first-order valence-electron chi connectivity index (χ1n) is 35.0. The number of aliphatic hydroxyl groups excluding tert-OH is 10. The first-order valence-corrected chi connectivity index (χ1v) is 35.8. The van der Waals surface area contributed by atoms with Gasteiger partial charge in [-0.1, -0.05) is 43.4 Å². The van der Waals surface area contributed by atoms with Gasteiger partial charge in [0.15, 0.2) is 11.5 Å². The number of ether oxygens (including phenoxy) is 1. The highest BCUT2D eigenvalue weighted by Gasteiger charge is 2.50. The fourth-order valence-electron chi connectivity index (χ4n) is 13.7. The van der Waals surface area contributed by atoms with E-state index in [2.05, 4.69) is 76.3 Å². The minimum atomic E-state index is -2.14. The second-order valence-corrected chi connectivity index (χ2v) is 28.4. The number of anilines is 1. The third-order valence-electron chi connectivity index (χ3n) is 19.9. The number of nitrogens with one attached hydrogen (secondary N) is 7. The standard InChI is InChI=1S/C69H99N13O19S.3ClH/c1-37-4-13-46(14-5-37)79-21-23-80(24-22-79)47-15-11-43(12-16-47)67-78-77-66(102-67)42-9-7-41(8-10-42)61(94)73-50-28-48(88)30-72-65(98)59-60(93)38(2)31-82(59)69(100)58(53(91)18-19-70-44(33-83)34-84)76-64(97)57(54(92)26-40-6-17-52(90)55(27-40)101-25-20-71-45(35-85)36-86)75-63(96)51-29-49(89)32-81(51)68(99)56(39(3)87)74-62(50)95;;;/h6-12,15-17,27,37-39,44-46,48-51,53-54,56-60,70-71,83-93H,4-5,13-14,18-26,28-36H2,1-3H3,(H,72,98)(H,73,94)(H,74,95)(H,75,96)(H,76,97);3*1H/t37?,38-,39+,46?,48+,49+,50-,51-,53+,54+,56-,57-,58-,59-,60-;;;/m0.../s1. The number of hydrogen-bond donors (Lipinski definition) is 18. The van der Waals surface area contributed by atoms with E-state index < -0.39 is 184 Å². The normalized spacial score (nSPS) is 26.3. The Kier molecular flexibility index (Phi) is 34.0. The van der Waals surface area contributed by atoms with Crippen molar-refractivity contribution in [1.29, 1.82) is 0 Å².